The second-order valence-corrected chi connectivity index (χ2v) is 4.95. The number of methoxy groups -OCH3 is 1. The van der Waals surface area contributed by atoms with Crippen molar-refractivity contribution >= 4 is 24.2 Å². The van der Waals surface area contributed by atoms with Crippen molar-refractivity contribution in [2.24, 2.45) is 10.7 Å². The number of carboxylic acids is 1. The molecule has 1 aromatic rings. The fourth-order valence-corrected chi connectivity index (χ4v) is 1.91. The molecule has 0 saturated heterocycles. The minimum atomic E-state index is -0.972. The minimum absolute atomic E-state index is 0.337. The van der Waals surface area contributed by atoms with E-state index in [1.807, 2.05) is 13.8 Å². The van der Waals surface area contributed by atoms with E-state index in [4.69, 9.17) is 20.3 Å². The molecule has 7 heteroatoms. The molecule has 0 amide bonds. The van der Waals surface area contributed by atoms with Crippen LogP contribution in [0.4, 0.5) is 0 Å². The molecule has 0 aliphatic rings. The maximum absolute atomic E-state index is 11.0. The molecule has 26 heavy (non-hydrogen) atoms. The smallest absolute Gasteiger partial charge is 0.328 e. The Labute approximate surface area is 154 Å². The van der Waals surface area contributed by atoms with Crippen LogP contribution in [0.15, 0.2) is 29.3 Å². The average molecular weight is 364 g/mol. The van der Waals surface area contributed by atoms with Crippen molar-refractivity contribution in [2.75, 3.05) is 13.7 Å². The maximum Gasteiger partial charge on any atom is 0.328 e. The predicted molar refractivity (Wildman–Crippen MR) is 103 cm³/mol. The van der Waals surface area contributed by atoms with Crippen LogP contribution in [0.3, 0.4) is 0 Å². The van der Waals surface area contributed by atoms with Crippen LogP contribution >= 0.6 is 0 Å². The standard InChI is InChI=1S/C17H22N2O5.C2H6/c1-12(20)24-15-8-7-13(11-16(15)23-2)5-4-10-19-14(17(21)22)6-3-9-18;1-2/h4-5,7-8,10-11,14H,3,6,9,18H2,1-2H3,(H,21,22);1-2H3/b5-4+,19-10?;. The monoisotopic (exact) mass is 364 g/mol. The van der Waals surface area contributed by atoms with Gasteiger partial charge in [-0.2, -0.15) is 0 Å². The van der Waals surface area contributed by atoms with E-state index in [0.29, 0.717) is 30.9 Å². The molecular weight excluding hydrogens is 336 g/mol. The summed E-state index contributed by atoms with van der Waals surface area (Å²) in [5.74, 6) is -0.638. The van der Waals surface area contributed by atoms with Crippen LogP contribution in [0.5, 0.6) is 11.5 Å². The van der Waals surface area contributed by atoms with Crippen LogP contribution in [0.25, 0.3) is 6.08 Å². The van der Waals surface area contributed by atoms with Gasteiger partial charge in [0.05, 0.1) is 7.11 Å². The molecular formula is C19H28N2O5. The number of hydrogen-bond donors (Lipinski definition) is 2. The highest BCUT2D eigenvalue weighted by molar-refractivity contribution is 5.82. The van der Waals surface area contributed by atoms with E-state index in [2.05, 4.69) is 4.99 Å². The zero-order chi connectivity index (χ0) is 19.9. The highest BCUT2D eigenvalue weighted by atomic mass is 16.6. The molecule has 0 saturated carbocycles. The number of nitrogens with zero attached hydrogens (tertiary/aromatic N) is 1. The number of carboxylic acid groups (broad SMARTS) is 1. The van der Waals surface area contributed by atoms with Gasteiger partial charge in [0.25, 0.3) is 0 Å². The molecule has 1 unspecified atom stereocenters. The van der Waals surface area contributed by atoms with Crippen LogP contribution in [0.1, 0.15) is 39.2 Å². The summed E-state index contributed by atoms with van der Waals surface area (Å²) in [6, 6.07) is 4.28. The molecule has 1 rings (SSSR count). The van der Waals surface area contributed by atoms with Gasteiger partial charge >= 0.3 is 11.9 Å². The van der Waals surface area contributed by atoms with Crippen LogP contribution < -0.4 is 15.2 Å². The van der Waals surface area contributed by atoms with Crippen molar-refractivity contribution in [3.8, 4) is 11.5 Å². The number of esters is 1. The van der Waals surface area contributed by atoms with Gasteiger partial charge in [-0.1, -0.05) is 26.0 Å². The third-order valence-corrected chi connectivity index (χ3v) is 3.05. The lowest BCUT2D eigenvalue weighted by atomic mass is 10.1. The SMILES string of the molecule is CC.COc1cc(/C=C/C=NC(CCCN)C(=O)O)ccc1OC(C)=O. The molecule has 144 valence electrons. The summed E-state index contributed by atoms with van der Waals surface area (Å²) >= 11 is 0. The van der Waals surface area contributed by atoms with Crippen molar-refractivity contribution in [1.29, 1.82) is 0 Å². The fraction of sp³-hybridized carbons (Fsp3) is 0.421. The van der Waals surface area contributed by atoms with Crippen molar-refractivity contribution < 1.29 is 24.2 Å². The van der Waals surface area contributed by atoms with E-state index in [-0.39, 0.29) is 0 Å². The van der Waals surface area contributed by atoms with Crippen molar-refractivity contribution in [3.63, 3.8) is 0 Å². The van der Waals surface area contributed by atoms with Gasteiger partial charge in [0.1, 0.15) is 6.04 Å². The Hall–Kier alpha value is -2.67. The number of allylic oxidation sites excluding steroid dienone is 1. The molecule has 0 aliphatic heterocycles. The molecule has 7 nitrogen and oxygen atoms in total. The third kappa shape index (κ3) is 8.98. The lowest BCUT2D eigenvalue weighted by Crippen LogP contribution is -2.19. The van der Waals surface area contributed by atoms with Gasteiger partial charge in [-0.3, -0.25) is 9.79 Å². The molecule has 0 bridgehead atoms. The summed E-state index contributed by atoms with van der Waals surface area (Å²) in [7, 11) is 1.48. The third-order valence-electron chi connectivity index (χ3n) is 3.05. The van der Waals surface area contributed by atoms with Gasteiger partial charge in [-0.25, -0.2) is 4.79 Å². The molecule has 0 aromatic heterocycles. The van der Waals surface area contributed by atoms with Crippen molar-refractivity contribution in [1.82, 2.24) is 0 Å². The Bertz CT molecular complexity index is 626. The summed E-state index contributed by atoms with van der Waals surface area (Å²) in [6.07, 6.45) is 5.83. The molecule has 0 heterocycles. The highest BCUT2D eigenvalue weighted by Crippen LogP contribution is 2.28. The van der Waals surface area contributed by atoms with E-state index in [9.17, 15) is 9.59 Å². The Balaban J connectivity index is 0.00000301. The molecule has 0 radical (unpaired) electrons. The zero-order valence-corrected chi connectivity index (χ0v) is 15.8. The highest BCUT2D eigenvalue weighted by Gasteiger charge is 2.13. The van der Waals surface area contributed by atoms with Crippen LogP contribution in [-0.2, 0) is 9.59 Å². The van der Waals surface area contributed by atoms with Crippen molar-refractivity contribution in [3.05, 3.63) is 29.8 Å². The van der Waals surface area contributed by atoms with Crippen LogP contribution in [0.2, 0.25) is 0 Å². The first-order valence-corrected chi connectivity index (χ1v) is 8.47. The molecule has 1 aromatic carbocycles. The summed E-state index contributed by atoms with van der Waals surface area (Å²) < 4.78 is 10.2. The Morgan fingerprint density at radius 2 is 2.00 bits per heavy atom. The second-order valence-electron chi connectivity index (χ2n) is 4.95. The summed E-state index contributed by atoms with van der Waals surface area (Å²) in [5.41, 5.74) is 6.17. The molecule has 0 aliphatic carbocycles. The number of benzene rings is 1. The first-order chi connectivity index (χ1) is 12.5. The lowest BCUT2D eigenvalue weighted by Gasteiger charge is -2.08. The normalized spacial score (nSPS) is 11.7. The second kappa shape index (κ2) is 13.6. The number of aliphatic carboxylic acids is 1. The maximum atomic E-state index is 11.0. The molecule has 0 fully saturated rings. The van der Waals surface area contributed by atoms with Gasteiger partial charge in [-0.15, -0.1) is 0 Å². The van der Waals surface area contributed by atoms with E-state index >= 15 is 0 Å². The largest absolute Gasteiger partial charge is 0.493 e. The van der Waals surface area contributed by atoms with E-state index in [1.54, 1.807) is 30.4 Å². The Kier molecular flexibility index (Phi) is 12.2. The minimum Gasteiger partial charge on any atom is -0.493 e. The van der Waals surface area contributed by atoms with Gasteiger partial charge in [-0.05, 0) is 43.2 Å². The van der Waals surface area contributed by atoms with Gasteiger partial charge in [0, 0.05) is 13.1 Å². The van der Waals surface area contributed by atoms with Crippen LogP contribution in [0, 0.1) is 0 Å². The number of nitrogens with two attached hydrogens (primary N) is 1. The molecule has 0 spiro atoms. The van der Waals surface area contributed by atoms with Gasteiger partial charge < -0.3 is 20.3 Å². The Morgan fingerprint density at radius 1 is 1.31 bits per heavy atom. The van der Waals surface area contributed by atoms with Crippen LogP contribution in [-0.4, -0.2) is 43.0 Å². The number of rotatable bonds is 9. The van der Waals surface area contributed by atoms with Crippen molar-refractivity contribution in [2.45, 2.75) is 39.7 Å². The number of carbonyl (C=O) groups is 2. The van der Waals surface area contributed by atoms with Gasteiger partial charge in [0.15, 0.2) is 11.5 Å². The fourth-order valence-electron chi connectivity index (χ4n) is 1.91. The number of ether oxygens (including phenoxy) is 2. The number of aliphatic imine (C=N–C) groups is 1. The summed E-state index contributed by atoms with van der Waals surface area (Å²) in [6.45, 7) is 5.75. The summed E-state index contributed by atoms with van der Waals surface area (Å²) in [5, 5.41) is 9.05. The zero-order valence-electron chi connectivity index (χ0n) is 15.8. The quantitative estimate of drug-likeness (QED) is 0.396. The van der Waals surface area contributed by atoms with E-state index < -0.39 is 18.0 Å². The topological polar surface area (TPSA) is 111 Å². The number of carbonyl (C=O) groups excluding carboxylic acids is 1. The number of hydrogen-bond acceptors (Lipinski definition) is 6. The van der Waals surface area contributed by atoms with Gasteiger partial charge in [0.2, 0.25) is 0 Å². The first-order valence-electron chi connectivity index (χ1n) is 8.47. The molecule has 1 atom stereocenters. The average Bonchev–Trinajstić information content (AvgIpc) is 2.63. The first kappa shape index (κ1) is 23.3. The lowest BCUT2D eigenvalue weighted by molar-refractivity contribution is -0.138. The van der Waals surface area contributed by atoms with E-state index in [0.717, 1.165) is 5.56 Å². The predicted octanol–water partition coefficient (Wildman–Crippen LogP) is 2.92. The summed E-state index contributed by atoms with van der Waals surface area (Å²) in [4.78, 5) is 26.1. The molecule has 3 N–H and O–H groups in total. The van der Waals surface area contributed by atoms with E-state index in [1.165, 1.54) is 20.2 Å². The Morgan fingerprint density at radius 3 is 2.54 bits per heavy atom.